The van der Waals surface area contributed by atoms with Crippen LogP contribution in [0.15, 0.2) is 59.6 Å². The Kier molecular flexibility index (Phi) is 11.0. The number of nitrogens with two attached hydrogens (primary N) is 1. The molecule has 0 saturated carbocycles. The minimum Gasteiger partial charge on any atom is -0.377 e. The summed E-state index contributed by atoms with van der Waals surface area (Å²) in [7, 11) is 0. The van der Waals surface area contributed by atoms with E-state index in [0.29, 0.717) is 25.0 Å². The van der Waals surface area contributed by atoms with Gasteiger partial charge in [0.25, 0.3) is 0 Å². The lowest BCUT2D eigenvalue weighted by molar-refractivity contribution is 0.117. The Hall–Kier alpha value is -1.60. The standard InChI is InChI=1S/C21H29N3O.HI/c1-17(2)19-11-8-12-20(15-19)24-21(22)23-13-6-7-14-25-16-18-9-4-3-5-10-18;/h3-5,8-12,15,17H,6-7,13-14,16H2,1-2H3,(H3,22,23,24);1H. The first-order chi connectivity index (χ1) is 12.1. The molecule has 5 heteroatoms. The number of hydrogen-bond acceptors (Lipinski definition) is 2. The fourth-order valence-corrected chi connectivity index (χ4v) is 2.44. The molecule has 2 aromatic rings. The van der Waals surface area contributed by atoms with Crippen LogP contribution >= 0.6 is 24.0 Å². The van der Waals surface area contributed by atoms with E-state index < -0.39 is 0 Å². The maximum atomic E-state index is 5.96. The summed E-state index contributed by atoms with van der Waals surface area (Å²) in [6.45, 7) is 6.47. The number of aliphatic imine (C=N–C) groups is 1. The highest BCUT2D eigenvalue weighted by Gasteiger charge is 2.01. The molecule has 2 rings (SSSR count). The van der Waals surface area contributed by atoms with Crippen LogP contribution in [0, 0.1) is 0 Å². The molecule has 0 aliphatic heterocycles. The third-order valence-corrected chi connectivity index (χ3v) is 3.92. The van der Waals surface area contributed by atoms with Gasteiger partial charge in [0, 0.05) is 18.8 Å². The number of nitrogens with one attached hydrogen (secondary N) is 1. The highest BCUT2D eigenvalue weighted by atomic mass is 127. The van der Waals surface area contributed by atoms with Crippen LogP contribution in [0.4, 0.5) is 5.69 Å². The largest absolute Gasteiger partial charge is 0.377 e. The number of unbranched alkanes of at least 4 members (excludes halogenated alkanes) is 1. The third kappa shape index (κ3) is 8.67. The first kappa shape index (κ1) is 22.4. The Balaban J connectivity index is 0.00000338. The van der Waals surface area contributed by atoms with Gasteiger partial charge in [0.2, 0.25) is 0 Å². The number of guanidine groups is 1. The Bertz CT molecular complexity index is 659. The average Bonchev–Trinajstić information content (AvgIpc) is 2.62. The molecule has 0 spiro atoms. The highest BCUT2D eigenvalue weighted by molar-refractivity contribution is 14.0. The van der Waals surface area contributed by atoms with Crippen LogP contribution in [0.25, 0.3) is 0 Å². The first-order valence-electron chi connectivity index (χ1n) is 8.93. The van der Waals surface area contributed by atoms with E-state index in [2.05, 4.69) is 48.4 Å². The Morgan fingerprint density at radius 2 is 1.85 bits per heavy atom. The minimum absolute atomic E-state index is 0. The van der Waals surface area contributed by atoms with Gasteiger partial charge in [-0.15, -0.1) is 24.0 Å². The topological polar surface area (TPSA) is 59.6 Å². The van der Waals surface area contributed by atoms with E-state index in [-0.39, 0.29) is 24.0 Å². The number of anilines is 1. The second kappa shape index (κ2) is 12.7. The number of hydrogen-bond donors (Lipinski definition) is 2. The monoisotopic (exact) mass is 467 g/mol. The normalized spacial score (nSPS) is 11.3. The Labute approximate surface area is 174 Å². The molecule has 3 N–H and O–H groups in total. The Morgan fingerprint density at radius 1 is 1.08 bits per heavy atom. The maximum Gasteiger partial charge on any atom is 0.193 e. The van der Waals surface area contributed by atoms with Crippen molar-refractivity contribution < 1.29 is 4.74 Å². The van der Waals surface area contributed by atoms with Crippen molar-refractivity contribution in [2.75, 3.05) is 18.5 Å². The maximum absolute atomic E-state index is 5.96. The van der Waals surface area contributed by atoms with Crippen LogP contribution in [0.5, 0.6) is 0 Å². The molecule has 0 aliphatic rings. The molecular weight excluding hydrogens is 437 g/mol. The van der Waals surface area contributed by atoms with Gasteiger partial charge in [0.1, 0.15) is 0 Å². The smallest absolute Gasteiger partial charge is 0.193 e. The van der Waals surface area contributed by atoms with Gasteiger partial charge in [0.15, 0.2) is 5.96 Å². The third-order valence-electron chi connectivity index (χ3n) is 3.92. The van der Waals surface area contributed by atoms with Gasteiger partial charge in [-0.1, -0.05) is 56.3 Å². The first-order valence-corrected chi connectivity index (χ1v) is 8.93. The number of ether oxygens (including phenoxy) is 1. The average molecular weight is 467 g/mol. The summed E-state index contributed by atoms with van der Waals surface area (Å²) >= 11 is 0. The van der Waals surface area contributed by atoms with Crippen LogP contribution in [0.1, 0.15) is 43.7 Å². The van der Waals surface area contributed by atoms with Crippen LogP contribution in [0.2, 0.25) is 0 Å². The molecule has 0 aromatic heterocycles. The predicted molar refractivity (Wildman–Crippen MR) is 121 cm³/mol. The summed E-state index contributed by atoms with van der Waals surface area (Å²) in [5.41, 5.74) is 9.43. The lowest BCUT2D eigenvalue weighted by Gasteiger charge is -2.10. The highest BCUT2D eigenvalue weighted by Crippen LogP contribution is 2.18. The van der Waals surface area contributed by atoms with Crippen molar-refractivity contribution in [1.82, 2.24) is 0 Å². The van der Waals surface area contributed by atoms with Gasteiger partial charge >= 0.3 is 0 Å². The van der Waals surface area contributed by atoms with Gasteiger partial charge in [-0.25, -0.2) is 0 Å². The zero-order valence-electron chi connectivity index (χ0n) is 15.7. The lowest BCUT2D eigenvalue weighted by Crippen LogP contribution is -2.23. The molecule has 0 heterocycles. The second-order valence-electron chi connectivity index (χ2n) is 6.42. The SMILES string of the molecule is CC(C)c1cccc(NC(N)=NCCCCOCc2ccccc2)c1.I. The van der Waals surface area contributed by atoms with Crippen LogP contribution in [-0.4, -0.2) is 19.1 Å². The molecule has 0 amide bonds. The molecule has 142 valence electrons. The molecule has 0 aliphatic carbocycles. The van der Waals surface area contributed by atoms with E-state index >= 15 is 0 Å². The van der Waals surface area contributed by atoms with Crippen molar-refractivity contribution in [1.29, 1.82) is 0 Å². The molecule has 0 bridgehead atoms. The summed E-state index contributed by atoms with van der Waals surface area (Å²) in [6, 6.07) is 18.5. The molecule has 0 atom stereocenters. The molecule has 2 aromatic carbocycles. The molecule has 0 saturated heterocycles. The van der Waals surface area contributed by atoms with Gasteiger partial charge in [-0.2, -0.15) is 0 Å². The van der Waals surface area contributed by atoms with Crippen LogP contribution < -0.4 is 11.1 Å². The van der Waals surface area contributed by atoms with E-state index in [1.807, 2.05) is 30.3 Å². The lowest BCUT2D eigenvalue weighted by atomic mass is 10.0. The van der Waals surface area contributed by atoms with Crippen molar-refractivity contribution >= 4 is 35.6 Å². The summed E-state index contributed by atoms with van der Waals surface area (Å²) in [6.07, 6.45) is 1.94. The number of halogens is 1. The zero-order valence-corrected chi connectivity index (χ0v) is 18.0. The van der Waals surface area contributed by atoms with E-state index in [4.69, 9.17) is 10.5 Å². The summed E-state index contributed by atoms with van der Waals surface area (Å²) in [5.74, 6) is 0.960. The zero-order chi connectivity index (χ0) is 17.9. The molecule has 0 fully saturated rings. The fraction of sp³-hybridized carbons (Fsp3) is 0.381. The molecule has 0 unspecified atom stereocenters. The van der Waals surface area contributed by atoms with E-state index in [0.717, 1.165) is 25.1 Å². The minimum atomic E-state index is 0. The van der Waals surface area contributed by atoms with Gasteiger partial charge in [-0.3, -0.25) is 4.99 Å². The van der Waals surface area contributed by atoms with Crippen LogP contribution in [-0.2, 0) is 11.3 Å². The molecule has 0 radical (unpaired) electrons. The van der Waals surface area contributed by atoms with Crippen molar-refractivity contribution in [2.24, 2.45) is 10.7 Å². The van der Waals surface area contributed by atoms with Gasteiger partial charge < -0.3 is 15.8 Å². The van der Waals surface area contributed by atoms with Crippen molar-refractivity contribution in [3.63, 3.8) is 0 Å². The predicted octanol–water partition coefficient (Wildman–Crippen LogP) is 5.15. The number of rotatable bonds is 9. The van der Waals surface area contributed by atoms with Gasteiger partial charge in [-0.05, 0) is 42.0 Å². The van der Waals surface area contributed by atoms with E-state index in [1.165, 1.54) is 11.1 Å². The molecule has 26 heavy (non-hydrogen) atoms. The van der Waals surface area contributed by atoms with Crippen molar-refractivity contribution in [3.8, 4) is 0 Å². The van der Waals surface area contributed by atoms with E-state index in [9.17, 15) is 0 Å². The van der Waals surface area contributed by atoms with Crippen molar-refractivity contribution in [2.45, 2.75) is 39.2 Å². The molecule has 4 nitrogen and oxygen atoms in total. The van der Waals surface area contributed by atoms with Crippen LogP contribution in [0.3, 0.4) is 0 Å². The van der Waals surface area contributed by atoms with Crippen molar-refractivity contribution in [3.05, 3.63) is 65.7 Å². The number of nitrogens with zero attached hydrogens (tertiary/aromatic N) is 1. The quantitative estimate of drug-likeness (QED) is 0.232. The van der Waals surface area contributed by atoms with Gasteiger partial charge in [0.05, 0.1) is 6.61 Å². The summed E-state index contributed by atoms with van der Waals surface area (Å²) < 4.78 is 5.66. The molecular formula is C21H30IN3O. The number of benzene rings is 2. The Morgan fingerprint density at radius 3 is 2.58 bits per heavy atom. The second-order valence-corrected chi connectivity index (χ2v) is 6.42. The summed E-state index contributed by atoms with van der Waals surface area (Å²) in [4.78, 5) is 4.38. The summed E-state index contributed by atoms with van der Waals surface area (Å²) in [5, 5.41) is 3.16. The van der Waals surface area contributed by atoms with E-state index in [1.54, 1.807) is 0 Å². The fourth-order valence-electron chi connectivity index (χ4n) is 2.44.